The number of nitrogens with one attached hydrogen (secondary N) is 2. The first-order chi connectivity index (χ1) is 13.1. The molecule has 2 aromatic heterocycles. The predicted molar refractivity (Wildman–Crippen MR) is 107 cm³/mol. The number of carbonyl (C=O) groups excluding carboxylic acids is 1. The zero-order valence-electron chi connectivity index (χ0n) is 16.0. The zero-order chi connectivity index (χ0) is 18.8. The summed E-state index contributed by atoms with van der Waals surface area (Å²) < 4.78 is 1.88. The molecule has 1 saturated heterocycles. The standard InChI is InChI=1S/C21H27N5O/c1-15-18(13-25(2)24-15)14-26-9-5-6-16(12-26)11-22-21(27)20-10-17-7-3-4-8-19(17)23-20/h3-4,7-8,10,13,16,23H,5-6,9,11-12,14H2,1-2H3,(H,22,27)/t16-/m1/s1. The van der Waals surface area contributed by atoms with Crippen molar-refractivity contribution in [2.24, 2.45) is 13.0 Å². The SMILES string of the molecule is Cc1nn(C)cc1CN1CCC[C@H](CNC(=O)c2cc3ccccc3[nH]2)C1. The number of carbonyl (C=O) groups is 1. The van der Waals surface area contributed by atoms with Crippen LogP contribution >= 0.6 is 0 Å². The third kappa shape index (κ3) is 4.06. The quantitative estimate of drug-likeness (QED) is 0.731. The van der Waals surface area contributed by atoms with Crippen molar-refractivity contribution in [2.75, 3.05) is 19.6 Å². The Balaban J connectivity index is 1.32. The van der Waals surface area contributed by atoms with E-state index in [1.165, 1.54) is 12.0 Å². The number of piperidine rings is 1. The van der Waals surface area contributed by atoms with Gasteiger partial charge in [0.05, 0.1) is 5.69 Å². The first-order valence-corrected chi connectivity index (χ1v) is 9.66. The minimum atomic E-state index is -0.0218. The van der Waals surface area contributed by atoms with Gasteiger partial charge in [0.25, 0.3) is 5.91 Å². The second kappa shape index (κ2) is 7.56. The monoisotopic (exact) mass is 365 g/mol. The number of benzene rings is 1. The number of aryl methyl sites for hydroxylation is 2. The third-order valence-corrected chi connectivity index (χ3v) is 5.44. The minimum absolute atomic E-state index is 0.0218. The average Bonchev–Trinajstić information content (AvgIpc) is 3.23. The Morgan fingerprint density at radius 3 is 3.00 bits per heavy atom. The molecule has 6 nitrogen and oxygen atoms in total. The summed E-state index contributed by atoms with van der Waals surface area (Å²) in [5.74, 6) is 0.468. The van der Waals surface area contributed by atoms with E-state index in [-0.39, 0.29) is 5.91 Å². The van der Waals surface area contributed by atoms with Crippen molar-refractivity contribution < 1.29 is 4.79 Å². The topological polar surface area (TPSA) is 66.0 Å². The lowest BCUT2D eigenvalue weighted by Crippen LogP contribution is -2.40. The number of hydrogen-bond acceptors (Lipinski definition) is 3. The van der Waals surface area contributed by atoms with E-state index in [0.29, 0.717) is 11.6 Å². The fourth-order valence-electron chi connectivity index (χ4n) is 4.03. The highest BCUT2D eigenvalue weighted by Crippen LogP contribution is 2.19. The number of likely N-dealkylation sites (tertiary alicyclic amines) is 1. The van der Waals surface area contributed by atoms with Gasteiger partial charge in [-0.15, -0.1) is 0 Å². The van der Waals surface area contributed by atoms with Crippen molar-refractivity contribution in [1.29, 1.82) is 0 Å². The van der Waals surface area contributed by atoms with Gasteiger partial charge >= 0.3 is 0 Å². The van der Waals surface area contributed by atoms with Crippen molar-refractivity contribution in [1.82, 2.24) is 25.0 Å². The van der Waals surface area contributed by atoms with Crippen molar-refractivity contribution >= 4 is 16.8 Å². The molecule has 1 atom stereocenters. The number of para-hydroxylation sites is 1. The molecule has 142 valence electrons. The summed E-state index contributed by atoms with van der Waals surface area (Å²) >= 11 is 0. The average molecular weight is 365 g/mol. The molecule has 1 amide bonds. The van der Waals surface area contributed by atoms with E-state index in [1.54, 1.807) is 0 Å². The Morgan fingerprint density at radius 2 is 2.22 bits per heavy atom. The number of fused-ring (bicyclic) bond motifs is 1. The lowest BCUT2D eigenvalue weighted by atomic mass is 9.97. The summed E-state index contributed by atoms with van der Waals surface area (Å²) in [6.07, 6.45) is 4.44. The highest BCUT2D eigenvalue weighted by atomic mass is 16.1. The second-order valence-corrected chi connectivity index (χ2v) is 7.64. The predicted octanol–water partition coefficient (Wildman–Crippen LogP) is 2.85. The van der Waals surface area contributed by atoms with E-state index in [0.717, 1.165) is 49.2 Å². The van der Waals surface area contributed by atoms with Gasteiger partial charge in [-0.05, 0) is 44.4 Å². The molecule has 2 N–H and O–H groups in total. The number of rotatable bonds is 5. The number of amides is 1. The molecule has 1 aromatic carbocycles. The van der Waals surface area contributed by atoms with Gasteiger partial charge in [0.2, 0.25) is 0 Å². The first kappa shape index (κ1) is 17.8. The molecule has 4 rings (SSSR count). The maximum atomic E-state index is 12.5. The molecule has 0 saturated carbocycles. The van der Waals surface area contributed by atoms with Crippen molar-refractivity contribution in [3.05, 3.63) is 53.5 Å². The molecule has 27 heavy (non-hydrogen) atoms. The fourth-order valence-corrected chi connectivity index (χ4v) is 4.03. The fraction of sp³-hybridized carbons (Fsp3) is 0.429. The molecular formula is C21H27N5O. The number of hydrogen-bond donors (Lipinski definition) is 2. The molecule has 3 heterocycles. The van der Waals surface area contributed by atoms with E-state index in [2.05, 4.69) is 33.4 Å². The van der Waals surface area contributed by atoms with Crippen LogP contribution in [0.3, 0.4) is 0 Å². The molecule has 0 aliphatic carbocycles. The molecule has 0 spiro atoms. The van der Waals surface area contributed by atoms with Gasteiger partial charge < -0.3 is 10.3 Å². The summed E-state index contributed by atoms with van der Waals surface area (Å²) in [5, 5.41) is 8.62. The molecule has 0 unspecified atom stereocenters. The lowest BCUT2D eigenvalue weighted by molar-refractivity contribution is 0.0926. The Kier molecular flexibility index (Phi) is 4.99. The molecule has 1 fully saturated rings. The molecule has 6 heteroatoms. The van der Waals surface area contributed by atoms with E-state index >= 15 is 0 Å². The van der Waals surface area contributed by atoms with Crippen molar-refractivity contribution in [2.45, 2.75) is 26.3 Å². The van der Waals surface area contributed by atoms with Gasteiger partial charge in [-0.3, -0.25) is 14.4 Å². The van der Waals surface area contributed by atoms with Crippen LogP contribution in [0.4, 0.5) is 0 Å². The van der Waals surface area contributed by atoms with Gasteiger partial charge in [0.1, 0.15) is 5.69 Å². The Labute approximate surface area is 159 Å². The first-order valence-electron chi connectivity index (χ1n) is 9.66. The smallest absolute Gasteiger partial charge is 0.267 e. The number of H-pyrrole nitrogens is 1. The normalized spacial score (nSPS) is 18.1. The molecular weight excluding hydrogens is 338 g/mol. The van der Waals surface area contributed by atoms with E-state index in [4.69, 9.17) is 0 Å². The molecule has 3 aromatic rings. The molecule has 0 radical (unpaired) electrons. The number of nitrogens with zero attached hydrogens (tertiary/aromatic N) is 3. The Morgan fingerprint density at radius 1 is 1.37 bits per heavy atom. The van der Waals surface area contributed by atoms with E-state index in [9.17, 15) is 4.79 Å². The van der Waals surface area contributed by atoms with Crippen LogP contribution < -0.4 is 5.32 Å². The van der Waals surface area contributed by atoms with Gasteiger partial charge in [-0.1, -0.05) is 18.2 Å². The van der Waals surface area contributed by atoms with Crippen LogP contribution in [0.2, 0.25) is 0 Å². The van der Waals surface area contributed by atoms with Crippen LogP contribution in [-0.4, -0.2) is 45.2 Å². The minimum Gasteiger partial charge on any atom is -0.351 e. The zero-order valence-corrected chi connectivity index (χ0v) is 16.0. The summed E-state index contributed by atoms with van der Waals surface area (Å²) in [6.45, 7) is 5.85. The van der Waals surface area contributed by atoms with Crippen LogP contribution in [0, 0.1) is 12.8 Å². The van der Waals surface area contributed by atoms with Gasteiger partial charge in [-0.2, -0.15) is 5.10 Å². The third-order valence-electron chi connectivity index (χ3n) is 5.44. The summed E-state index contributed by atoms with van der Waals surface area (Å²) in [6, 6.07) is 9.89. The van der Waals surface area contributed by atoms with Crippen LogP contribution in [0.5, 0.6) is 0 Å². The highest BCUT2D eigenvalue weighted by Gasteiger charge is 2.22. The maximum absolute atomic E-state index is 12.5. The van der Waals surface area contributed by atoms with Crippen LogP contribution in [0.15, 0.2) is 36.5 Å². The van der Waals surface area contributed by atoms with E-state index in [1.807, 2.05) is 42.1 Å². The molecule has 1 aliphatic rings. The maximum Gasteiger partial charge on any atom is 0.267 e. The van der Waals surface area contributed by atoms with Gasteiger partial charge in [-0.25, -0.2) is 0 Å². The lowest BCUT2D eigenvalue weighted by Gasteiger charge is -2.32. The number of aromatic amines is 1. The number of aromatic nitrogens is 3. The van der Waals surface area contributed by atoms with Crippen LogP contribution in [-0.2, 0) is 13.6 Å². The van der Waals surface area contributed by atoms with Crippen LogP contribution in [0.25, 0.3) is 10.9 Å². The van der Waals surface area contributed by atoms with Gasteiger partial charge in [0, 0.05) is 49.3 Å². The van der Waals surface area contributed by atoms with Crippen LogP contribution in [0.1, 0.15) is 34.6 Å². The molecule has 1 aliphatic heterocycles. The molecule has 0 bridgehead atoms. The second-order valence-electron chi connectivity index (χ2n) is 7.64. The summed E-state index contributed by atoms with van der Waals surface area (Å²) in [5.41, 5.74) is 4.03. The van der Waals surface area contributed by atoms with Crippen molar-refractivity contribution in [3.63, 3.8) is 0 Å². The van der Waals surface area contributed by atoms with Crippen molar-refractivity contribution in [3.8, 4) is 0 Å². The highest BCUT2D eigenvalue weighted by molar-refractivity contribution is 5.97. The Hall–Kier alpha value is -2.60. The summed E-state index contributed by atoms with van der Waals surface area (Å²) in [7, 11) is 1.97. The largest absolute Gasteiger partial charge is 0.351 e. The van der Waals surface area contributed by atoms with E-state index < -0.39 is 0 Å². The summed E-state index contributed by atoms with van der Waals surface area (Å²) in [4.78, 5) is 18.2. The van der Waals surface area contributed by atoms with Gasteiger partial charge in [0.15, 0.2) is 0 Å². The Bertz CT molecular complexity index is 908.